The molecule has 1 aromatic carbocycles. The SMILES string of the molecule is CCN(Cc1ccc(/C(N)=N/O)cc1)CC1CCC1. The zero-order chi connectivity index (χ0) is 13.7. The summed E-state index contributed by atoms with van der Waals surface area (Å²) in [6, 6.07) is 7.91. The Bertz CT molecular complexity index is 424. The summed E-state index contributed by atoms with van der Waals surface area (Å²) >= 11 is 0. The number of rotatable bonds is 6. The molecule has 0 atom stereocenters. The van der Waals surface area contributed by atoms with Crippen molar-refractivity contribution >= 4 is 5.84 Å². The van der Waals surface area contributed by atoms with Crippen molar-refractivity contribution in [1.29, 1.82) is 0 Å². The number of amidine groups is 1. The molecule has 3 N–H and O–H groups in total. The topological polar surface area (TPSA) is 61.8 Å². The van der Waals surface area contributed by atoms with Gasteiger partial charge in [0, 0.05) is 18.7 Å². The zero-order valence-electron chi connectivity index (χ0n) is 11.5. The monoisotopic (exact) mass is 261 g/mol. The maximum Gasteiger partial charge on any atom is 0.170 e. The summed E-state index contributed by atoms with van der Waals surface area (Å²) in [6.45, 7) is 5.48. The molecule has 0 unspecified atom stereocenters. The Morgan fingerprint density at radius 1 is 1.37 bits per heavy atom. The lowest BCUT2D eigenvalue weighted by Crippen LogP contribution is -2.32. The van der Waals surface area contributed by atoms with Crippen LogP contribution in [-0.4, -0.2) is 29.0 Å². The third kappa shape index (κ3) is 3.70. The van der Waals surface area contributed by atoms with Crippen molar-refractivity contribution in [2.75, 3.05) is 13.1 Å². The van der Waals surface area contributed by atoms with E-state index < -0.39 is 0 Å². The Hall–Kier alpha value is -1.55. The van der Waals surface area contributed by atoms with E-state index in [1.54, 1.807) is 0 Å². The maximum absolute atomic E-state index is 8.63. The minimum absolute atomic E-state index is 0.161. The summed E-state index contributed by atoms with van der Waals surface area (Å²) in [5.41, 5.74) is 7.58. The first-order valence-corrected chi connectivity index (χ1v) is 7.02. The highest BCUT2D eigenvalue weighted by Crippen LogP contribution is 2.27. The summed E-state index contributed by atoms with van der Waals surface area (Å²) in [6.07, 6.45) is 4.18. The predicted octanol–water partition coefficient (Wildman–Crippen LogP) is 2.40. The van der Waals surface area contributed by atoms with E-state index in [1.165, 1.54) is 31.4 Å². The summed E-state index contributed by atoms with van der Waals surface area (Å²) in [5, 5.41) is 11.6. The fourth-order valence-electron chi connectivity index (χ4n) is 2.44. The Morgan fingerprint density at radius 3 is 2.53 bits per heavy atom. The van der Waals surface area contributed by atoms with Gasteiger partial charge in [0.05, 0.1) is 0 Å². The third-order valence-corrected chi connectivity index (χ3v) is 3.95. The van der Waals surface area contributed by atoms with Gasteiger partial charge in [-0.2, -0.15) is 0 Å². The van der Waals surface area contributed by atoms with Crippen LogP contribution in [-0.2, 0) is 6.54 Å². The molecule has 0 spiro atoms. The second kappa shape index (κ2) is 6.57. The highest BCUT2D eigenvalue weighted by atomic mass is 16.4. The van der Waals surface area contributed by atoms with Crippen molar-refractivity contribution in [2.45, 2.75) is 32.7 Å². The van der Waals surface area contributed by atoms with Gasteiger partial charge in [-0.25, -0.2) is 0 Å². The lowest BCUT2D eigenvalue weighted by Gasteiger charge is -2.31. The standard InChI is InChI=1S/C15H23N3O/c1-2-18(10-12-4-3-5-12)11-13-6-8-14(9-7-13)15(16)17-19/h6-9,12,19H,2-5,10-11H2,1H3,(H2,16,17). The van der Waals surface area contributed by atoms with Crippen LogP contribution >= 0.6 is 0 Å². The van der Waals surface area contributed by atoms with Gasteiger partial charge in [-0.1, -0.05) is 42.8 Å². The van der Waals surface area contributed by atoms with Gasteiger partial charge in [0.2, 0.25) is 0 Å². The van der Waals surface area contributed by atoms with E-state index in [0.717, 1.165) is 24.6 Å². The molecule has 2 rings (SSSR count). The molecular weight excluding hydrogens is 238 g/mol. The van der Waals surface area contributed by atoms with Gasteiger partial charge >= 0.3 is 0 Å². The van der Waals surface area contributed by atoms with E-state index in [9.17, 15) is 0 Å². The fraction of sp³-hybridized carbons (Fsp3) is 0.533. The van der Waals surface area contributed by atoms with Gasteiger partial charge < -0.3 is 10.9 Å². The maximum atomic E-state index is 8.63. The molecule has 1 aliphatic rings. The van der Waals surface area contributed by atoms with Crippen molar-refractivity contribution in [3.8, 4) is 0 Å². The van der Waals surface area contributed by atoms with E-state index in [4.69, 9.17) is 10.9 Å². The van der Waals surface area contributed by atoms with Crippen LogP contribution in [0.25, 0.3) is 0 Å². The summed E-state index contributed by atoms with van der Waals surface area (Å²) in [4.78, 5) is 2.49. The van der Waals surface area contributed by atoms with Crippen molar-refractivity contribution in [3.05, 3.63) is 35.4 Å². The highest BCUT2D eigenvalue weighted by Gasteiger charge is 2.19. The molecule has 4 heteroatoms. The number of benzene rings is 1. The smallest absolute Gasteiger partial charge is 0.170 e. The number of hydrogen-bond acceptors (Lipinski definition) is 3. The molecule has 0 radical (unpaired) electrons. The zero-order valence-corrected chi connectivity index (χ0v) is 11.5. The van der Waals surface area contributed by atoms with Crippen LogP contribution in [0.2, 0.25) is 0 Å². The molecule has 0 aromatic heterocycles. The van der Waals surface area contributed by atoms with E-state index >= 15 is 0 Å². The first-order chi connectivity index (χ1) is 9.22. The van der Waals surface area contributed by atoms with Gasteiger partial charge in [-0.05, 0) is 30.9 Å². The molecule has 0 bridgehead atoms. The first kappa shape index (κ1) is 13.9. The second-order valence-electron chi connectivity index (χ2n) is 5.31. The lowest BCUT2D eigenvalue weighted by molar-refractivity contribution is 0.178. The molecule has 0 saturated heterocycles. The fourth-order valence-corrected chi connectivity index (χ4v) is 2.44. The molecule has 0 heterocycles. The summed E-state index contributed by atoms with van der Waals surface area (Å²) in [5.74, 6) is 1.06. The molecule has 4 nitrogen and oxygen atoms in total. The van der Waals surface area contributed by atoms with Crippen LogP contribution in [0.4, 0.5) is 0 Å². The summed E-state index contributed by atoms with van der Waals surface area (Å²) < 4.78 is 0. The van der Waals surface area contributed by atoms with Crippen LogP contribution in [0.15, 0.2) is 29.4 Å². The van der Waals surface area contributed by atoms with Gasteiger partial charge in [0.1, 0.15) is 0 Å². The third-order valence-electron chi connectivity index (χ3n) is 3.95. The van der Waals surface area contributed by atoms with Crippen LogP contribution in [0.5, 0.6) is 0 Å². The van der Waals surface area contributed by atoms with Crippen LogP contribution in [0.3, 0.4) is 0 Å². The average molecular weight is 261 g/mol. The van der Waals surface area contributed by atoms with E-state index in [0.29, 0.717) is 0 Å². The lowest BCUT2D eigenvalue weighted by atomic mass is 9.85. The van der Waals surface area contributed by atoms with Crippen molar-refractivity contribution in [3.63, 3.8) is 0 Å². The van der Waals surface area contributed by atoms with Crippen LogP contribution in [0, 0.1) is 5.92 Å². The van der Waals surface area contributed by atoms with E-state index in [-0.39, 0.29) is 5.84 Å². The Balaban J connectivity index is 1.93. The molecule has 0 aliphatic heterocycles. The van der Waals surface area contributed by atoms with Gasteiger partial charge in [0.15, 0.2) is 5.84 Å². The first-order valence-electron chi connectivity index (χ1n) is 7.02. The normalized spacial score (nSPS) is 16.6. The average Bonchev–Trinajstić information content (AvgIpc) is 2.41. The van der Waals surface area contributed by atoms with Gasteiger partial charge in [-0.3, -0.25) is 4.90 Å². The second-order valence-corrected chi connectivity index (χ2v) is 5.31. The van der Waals surface area contributed by atoms with Gasteiger partial charge in [-0.15, -0.1) is 0 Å². The quantitative estimate of drug-likeness (QED) is 0.358. The van der Waals surface area contributed by atoms with E-state index in [1.807, 2.05) is 12.1 Å². The van der Waals surface area contributed by atoms with Gasteiger partial charge in [0.25, 0.3) is 0 Å². The Morgan fingerprint density at radius 2 is 2.05 bits per heavy atom. The molecule has 1 fully saturated rings. The van der Waals surface area contributed by atoms with Crippen LogP contribution < -0.4 is 5.73 Å². The molecule has 1 aromatic rings. The minimum atomic E-state index is 0.161. The predicted molar refractivity (Wildman–Crippen MR) is 77.2 cm³/mol. The molecule has 1 aliphatic carbocycles. The largest absolute Gasteiger partial charge is 0.409 e. The molecule has 1 saturated carbocycles. The van der Waals surface area contributed by atoms with Crippen molar-refractivity contribution in [1.82, 2.24) is 4.90 Å². The Labute approximate surface area is 114 Å². The van der Waals surface area contributed by atoms with E-state index in [2.05, 4.69) is 29.1 Å². The number of nitrogens with two attached hydrogens (primary N) is 1. The Kier molecular flexibility index (Phi) is 4.80. The molecular formula is C15H23N3O. The number of hydrogen-bond donors (Lipinski definition) is 2. The minimum Gasteiger partial charge on any atom is -0.409 e. The summed E-state index contributed by atoms with van der Waals surface area (Å²) in [7, 11) is 0. The number of oxime groups is 1. The van der Waals surface area contributed by atoms with Crippen LogP contribution in [0.1, 0.15) is 37.3 Å². The molecule has 0 amide bonds. The molecule has 104 valence electrons. The highest BCUT2D eigenvalue weighted by molar-refractivity contribution is 5.96. The number of nitrogens with zero attached hydrogens (tertiary/aromatic N) is 2. The van der Waals surface area contributed by atoms with Crippen molar-refractivity contribution in [2.24, 2.45) is 16.8 Å². The molecule has 19 heavy (non-hydrogen) atoms. The van der Waals surface area contributed by atoms with Crippen molar-refractivity contribution < 1.29 is 5.21 Å².